The lowest BCUT2D eigenvalue weighted by Crippen LogP contribution is -2.52. The lowest BCUT2D eigenvalue weighted by Gasteiger charge is -2.41. The zero-order valence-electron chi connectivity index (χ0n) is 16.0. The van der Waals surface area contributed by atoms with Gasteiger partial charge in [-0.15, -0.1) is 0 Å². The molecule has 142 valence electrons. The minimum absolute atomic E-state index is 0.230. The predicted molar refractivity (Wildman–Crippen MR) is 109 cm³/mol. The van der Waals surface area contributed by atoms with Crippen LogP contribution in [-0.2, 0) is 13.1 Å². The van der Waals surface area contributed by atoms with Gasteiger partial charge in [-0.1, -0.05) is 42.5 Å². The first-order valence-electron chi connectivity index (χ1n) is 9.82. The third kappa shape index (κ3) is 4.24. The van der Waals surface area contributed by atoms with Gasteiger partial charge in [0, 0.05) is 44.2 Å². The van der Waals surface area contributed by atoms with Crippen LogP contribution in [0.5, 0.6) is 0 Å². The Morgan fingerprint density at radius 3 is 2.67 bits per heavy atom. The van der Waals surface area contributed by atoms with Gasteiger partial charge in [0.25, 0.3) is 0 Å². The molecule has 1 atom stereocenters. The molecule has 27 heavy (non-hydrogen) atoms. The van der Waals surface area contributed by atoms with Crippen molar-refractivity contribution in [3.05, 3.63) is 71.5 Å². The summed E-state index contributed by atoms with van der Waals surface area (Å²) >= 11 is 0. The second-order valence-corrected chi connectivity index (χ2v) is 7.55. The van der Waals surface area contributed by atoms with E-state index in [-0.39, 0.29) is 6.61 Å². The van der Waals surface area contributed by atoms with Crippen LogP contribution >= 0.6 is 0 Å². The van der Waals surface area contributed by atoms with E-state index in [2.05, 4.69) is 53.1 Å². The summed E-state index contributed by atoms with van der Waals surface area (Å²) in [6, 6.07) is 19.3. The first-order valence-corrected chi connectivity index (χ1v) is 9.82. The Balaban J connectivity index is 1.43. The Labute approximate surface area is 161 Å². The van der Waals surface area contributed by atoms with Gasteiger partial charge in [-0.05, 0) is 36.6 Å². The van der Waals surface area contributed by atoms with Crippen LogP contribution in [0.15, 0.2) is 59.0 Å². The first kappa shape index (κ1) is 18.2. The van der Waals surface area contributed by atoms with Gasteiger partial charge in [-0.3, -0.25) is 9.80 Å². The maximum atomic E-state index is 9.56. The fourth-order valence-electron chi connectivity index (χ4n) is 4.07. The molecule has 2 aromatic carbocycles. The third-order valence-corrected chi connectivity index (χ3v) is 5.64. The van der Waals surface area contributed by atoms with E-state index in [1.807, 2.05) is 18.2 Å². The predicted octanol–water partition coefficient (Wildman–Crippen LogP) is 3.81. The Morgan fingerprint density at radius 1 is 1.04 bits per heavy atom. The van der Waals surface area contributed by atoms with Crippen LogP contribution in [0, 0.1) is 6.92 Å². The zero-order chi connectivity index (χ0) is 18.6. The van der Waals surface area contributed by atoms with Crippen molar-refractivity contribution < 1.29 is 9.52 Å². The summed E-state index contributed by atoms with van der Waals surface area (Å²) in [5.41, 5.74) is 3.67. The van der Waals surface area contributed by atoms with Crippen LogP contribution in [0.3, 0.4) is 0 Å². The van der Waals surface area contributed by atoms with Gasteiger partial charge in [0.2, 0.25) is 0 Å². The van der Waals surface area contributed by atoms with E-state index in [0.29, 0.717) is 6.04 Å². The van der Waals surface area contributed by atoms with E-state index < -0.39 is 0 Å². The molecular weight excluding hydrogens is 336 g/mol. The summed E-state index contributed by atoms with van der Waals surface area (Å²) in [5.74, 6) is 1.02. The molecule has 1 aliphatic heterocycles. The number of furan rings is 1. The van der Waals surface area contributed by atoms with E-state index in [1.54, 1.807) is 0 Å². The molecule has 0 saturated carbocycles. The molecule has 2 heterocycles. The molecule has 1 aliphatic rings. The van der Waals surface area contributed by atoms with Crippen LogP contribution in [-0.4, -0.2) is 47.2 Å². The van der Waals surface area contributed by atoms with Crippen LogP contribution in [0.2, 0.25) is 0 Å². The van der Waals surface area contributed by atoms with Gasteiger partial charge in [-0.25, -0.2) is 0 Å². The van der Waals surface area contributed by atoms with Gasteiger partial charge in [0.1, 0.15) is 11.3 Å². The highest BCUT2D eigenvalue weighted by molar-refractivity contribution is 5.77. The number of aliphatic hydroxyl groups excluding tert-OH is 1. The van der Waals surface area contributed by atoms with Crippen molar-refractivity contribution in [2.45, 2.75) is 32.5 Å². The molecule has 1 saturated heterocycles. The van der Waals surface area contributed by atoms with E-state index >= 15 is 0 Å². The molecule has 1 aromatic heterocycles. The number of hydrogen-bond acceptors (Lipinski definition) is 4. The second-order valence-electron chi connectivity index (χ2n) is 7.55. The zero-order valence-corrected chi connectivity index (χ0v) is 16.0. The van der Waals surface area contributed by atoms with Crippen molar-refractivity contribution in [2.75, 3.05) is 26.2 Å². The Bertz CT molecular complexity index is 856. The SMILES string of the molecule is Cc1ccccc1CN1CCN(Cc2cc3ccccc3o2)C[C@H]1CCO. The molecule has 0 amide bonds. The Hall–Kier alpha value is -2.14. The molecular formula is C23H28N2O2. The molecule has 0 unspecified atom stereocenters. The highest BCUT2D eigenvalue weighted by Crippen LogP contribution is 2.23. The fraction of sp³-hybridized carbons (Fsp3) is 0.391. The summed E-state index contributed by atoms with van der Waals surface area (Å²) in [5, 5.41) is 10.7. The monoisotopic (exact) mass is 364 g/mol. The topological polar surface area (TPSA) is 39.9 Å². The van der Waals surface area contributed by atoms with E-state index in [1.165, 1.54) is 11.1 Å². The van der Waals surface area contributed by atoms with Gasteiger partial charge in [-0.2, -0.15) is 0 Å². The smallest absolute Gasteiger partial charge is 0.134 e. The van der Waals surface area contributed by atoms with Crippen molar-refractivity contribution in [3.8, 4) is 0 Å². The van der Waals surface area contributed by atoms with E-state index in [0.717, 1.165) is 55.9 Å². The molecule has 4 nitrogen and oxygen atoms in total. The largest absolute Gasteiger partial charge is 0.460 e. The average Bonchev–Trinajstić information content (AvgIpc) is 3.08. The molecule has 1 fully saturated rings. The number of rotatable bonds is 6. The van der Waals surface area contributed by atoms with Gasteiger partial charge in [0.05, 0.1) is 6.54 Å². The Kier molecular flexibility index (Phi) is 5.58. The molecule has 4 heteroatoms. The number of benzene rings is 2. The van der Waals surface area contributed by atoms with Gasteiger partial charge >= 0.3 is 0 Å². The lowest BCUT2D eigenvalue weighted by molar-refractivity contribution is 0.0470. The number of hydrogen-bond donors (Lipinski definition) is 1. The quantitative estimate of drug-likeness (QED) is 0.722. The van der Waals surface area contributed by atoms with Crippen LogP contribution in [0.4, 0.5) is 0 Å². The maximum Gasteiger partial charge on any atom is 0.134 e. The minimum atomic E-state index is 0.230. The van der Waals surface area contributed by atoms with Crippen molar-refractivity contribution in [1.29, 1.82) is 0 Å². The number of fused-ring (bicyclic) bond motifs is 1. The first-order chi connectivity index (χ1) is 13.2. The van der Waals surface area contributed by atoms with Crippen molar-refractivity contribution in [3.63, 3.8) is 0 Å². The van der Waals surface area contributed by atoms with E-state index in [4.69, 9.17) is 4.42 Å². The molecule has 4 rings (SSSR count). The van der Waals surface area contributed by atoms with Crippen LogP contribution in [0.25, 0.3) is 11.0 Å². The summed E-state index contributed by atoms with van der Waals surface area (Å²) in [6.07, 6.45) is 0.808. The number of piperazine rings is 1. The highest BCUT2D eigenvalue weighted by Gasteiger charge is 2.27. The normalized spacial score (nSPS) is 19.0. The molecule has 0 spiro atoms. The summed E-state index contributed by atoms with van der Waals surface area (Å²) in [6.45, 7) is 7.18. The highest BCUT2D eigenvalue weighted by atomic mass is 16.3. The van der Waals surface area contributed by atoms with Gasteiger partial charge in [0.15, 0.2) is 0 Å². The number of aryl methyl sites for hydroxylation is 1. The molecule has 3 aromatic rings. The number of para-hydroxylation sites is 1. The second kappa shape index (κ2) is 8.26. The molecule has 0 bridgehead atoms. The minimum Gasteiger partial charge on any atom is -0.460 e. The van der Waals surface area contributed by atoms with Crippen molar-refractivity contribution >= 4 is 11.0 Å². The maximum absolute atomic E-state index is 9.56. The molecule has 0 radical (unpaired) electrons. The summed E-state index contributed by atoms with van der Waals surface area (Å²) in [4.78, 5) is 4.97. The standard InChI is InChI=1S/C23H28N2O2/c1-18-6-2-3-8-20(18)15-25-12-11-24(16-21(25)10-13-26)17-22-14-19-7-4-5-9-23(19)27-22/h2-9,14,21,26H,10-13,15-17H2,1H3/t21-/m1/s1. The molecule has 0 aliphatic carbocycles. The summed E-state index contributed by atoms with van der Waals surface area (Å²) in [7, 11) is 0. The molecule has 1 N–H and O–H groups in total. The van der Waals surface area contributed by atoms with Crippen molar-refractivity contribution in [1.82, 2.24) is 9.80 Å². The Morgan fingerprint density at radius 2 is 1.85 bits per heavy atom. The van der Waals surface area contributed by atoms with E-state index in [9.17, 15) is 5.11 Å². The fourth-order valence-corrected chi connectivity index (χ4v) is 4.07. The number of aliphatic hydroxyl groups is 1. The average molecular weight is 364 g/mol. The van der Waals surface area contributed by atoms with Crippen LogP contribution in [0.1, 0.15) is 23.3 Å². The van der Waals surface area contributed by atoms with Crippen molar-refractivity contribution in [2.24, 2.45) is 0 Å². The number of nitrogens with zero attached hydrogens (tertiary/aromatic N) is 2. The third-order valence-electron chi connectivity index (χ3n) is 5.64. The summed E-state index contributed by atoms with van der Waals surface area (Å²) < 4.78 is 6.00. The van der Waals surface area contributed by atoms with Gasteiger partial charge < -0.3 is 9.52 Å². The lowest BCUT2D eigenvalue weighted by atomic mass is 10.0. The van der Waals surface area contributed by atoms with Crippen LogP contribution < -0.4 is 0 Å².